The van der Waals surface area contributed by atoms with Crippen LogP contribution in [0, 0.1) is 19.8 Å². The van der Waals surface area contributed by atoms with Crippen LogP contribution in [0.25, 0.3) is 0 Å². The maximum atomic E-state index is 14.1. The van der Waals surface area contributed by atoms with Crippen LogP contribution < -0.4 is 9.62 Å². The first-order chi connectivity index (χ1) is 18.9. The Labute approximate surface area is 243 Å². The third-order valence-corrected chi connectivity index (χ3v) is 8.52. The van der Waals surface area contributed by atoms with E-state index in [0.29, 0.717) is 23.7 Å². The molecule has 0 heterocycles. The SMILES string of the molecule is CCC(C(=O)NCC(C)C)N(Cc1cccc(C)c1)C(=O)CN(c1cccc(C)c1)S(=O)(=O)c1ccc(Cl)cc1. The third kappa shape index (κ3) is 8.08. The molecule has 0 saturated heterocycles. The van der Waals surface area contributed by atoms with Crippen LogP contribution in [0.3, 0.4) is 0 Å². The van der Waals surface area contributed by atoms with Crippen molar-refractivity contribution in [2.75, 3.05) is 17.4 Å². The number of amides is 2. The summed E-state index contributed by atoms with van der Waals surface area (Å²) in [6, 6.07) is 19.8. The highest BCUT2D eigenvalue weighted by Crippen LogP contribution is 2.26. The summed E-state index contributed by atoms with van der Waals surface area (Å²) in [6.45, 7) is 9.82. The Balaban J connectivity index is 2.05. The Morgan fingerprint density at radius 3 is 2.12 bits per heavy atom. The molecule has 0 aliphatic rings. The van der Waals surface area contributed by atoms with Crippen LogP contribution >= 0.6 is 11.6 Å². The summed E-state index contributed by atoms with van der Waals surface area (Å²) in [5.74, 6) is -0.504. The van der Waals surface area contributed by atoms with Gasteiger partial charge < -0.3 is 10.2 Å². The van der Waals surface area contributed by atoms with Gasteiger partial charge in [-0.2, -0.15) is 0 Å². The van der Waals surface area contributed by atoms with E-state index in [1.807, 2.05) is 65.0 Å². The van der Waals surface area contributed by atoms with Crippen molar-refractivity contribution in [2.45, 2.75) is 58.5 Å². The van der Waals surface area contributed by atoms with Crippen molar-refractivity contribution >= 4 is 39.1 Å². The molecule has 214 valence electrons. The second-order valence-corrected chi connectivity index (χ2v) is 12.7. The summed E-state index contributed by atoms with van der Waals surface area (Å²) in [5, 5.41) is 3.34. The largest absolute Gasteiger partial charge is 0.354 e. The molecule has 3 aromatic rings. The highest BCUT2D eigenvalue weighted by Gasteiger charge is 2.33. The van der Waals surface area contributed by atoms with Gasteiger partial charge in [-0.3, -0.25) is 13.9 Å². The van der Waals surface area contributed by atoms with Gasteiger partial charge in [-0.1, -0.05) is 74.3 Å². The Hall–Kier alpha value is -3.36. The summed E-state index contributed by atoms with van der Waals surface area (Å²) < 4.78 is 28.9. The number of sulfonamides is 1. The van der Waals surface area contributed by atoms with E-state index in [1.165, 1.54) is 29.2 Å². The molecule has 7 nitrogen and oxygen atoms in total. The van der Waals surface area contributed by atoms with Gasteiger partial charge in [-0.25, -0.2) is 8.42 Å². The lowest BCUT2D eigenvalue weighted by Crippen LogP contribution is -2.52. The van der Waals surface area contributed by atoms with E-state index >= 15 is 0 Å². The number of carbonyl (C=O) groups is 2. The Morgan fingerprint density at radius 2 is 1.55 bits per heavy atom. The number of carbonyl (C=O) groups excluding carboxylic acids is 2. The molecule has 0 aliphatic carbocycles. The number of benzene rings is 3. The van der Waals surface area contributed by atoms with Gasteiger partial charge in [-0.05, 0) is 73.7 Å². The number of anilines is 1. The fourth-order valence-electron chi connectivity index (χ4n) is 4.39. The third-order valence-electron chi connectivity index (χ3n) is 6.48. The average Bonchev–Trinajstić information content (AvgIpc) is 2.90. The number of nitrogens with one attached hydrogen (secondary N) is 1. The standard InChI is InChI=1S/C31H38ClN3O4S/c1-6-29(31(37)33-19-22(2)3)34(20-25-11-7-9-23(4)17-25)30(36)21-35(27-12-8-10-24(5)18-27)40(38,39)28-15-13-26(32)14-16-28/h7-18,22,29H,6,19-21H2,1-5H3,(H,33,37). The van der Waals surface area contributed by atoms with Crippen molar-refractivity contribution in [1.29, 1.82) is 0 Å². The molecule has 0 radical (unpaired) electrons. The van der Waals surface area contributed by atoms with E-state index in [1.54, 1.807) is 18.2 Å². The van der Waals surface area contributed by atoms with E-state index in [9.17, 15) is 18.0 Å². The molecule has 0 fully saturated rings. The maximum absolute atomic E-state index is 14.1. The normalized spacial score (nSPS) is 12.2. The number of hydrogen-bond donors (Lipinski definition) is 1. The lowest BCUT2D eigenvalue weighted by atomic mass is 10.1. The monoisotopic (exact) mass is 583 g/mol. The molecule has 0 spiro atoms. The van der Waals surface area contributed by atoms with Crippen molar-refractivity contribution in [2.24, 2.45) is 5.92 Å². The molecular weight excluding hydrogens is 546 g/mol. The number of hydrogen-bond acceptors (Lipinski definition) is 4. The summed E-state index contributed by atoms with van der Waals surface area (Å²) in [5.41, 5.74) is 3.08. The zero-order valence-corrected chi connectivity index (χ0v) is 25.3. The smallest absolute Gasteiger partial charge is 0.264 e. The van der Waals surface area contributed by atoms with Crippen LogP contribution in [0.1, 0.15) is 43.9 Å². The number of nitrogens with zero attached hydrogens (tertiary/aromatic N) is 2. The first kappa shape index (κ1) is 31.2. The predicted molar refractivity (Wildman–Crippen MR) is 161 cm³/mol. The minimum absolute atomic E-state index is 0.0122. The molecule has 0 aliphatic heterocycles. The molecule has 1 unspecified atom stereocenters. The molecule has 0 saturated carbocycles. The predicted octanol–water partition coefficient (Wildman–Crippen LogP) is 5.73. The van der Waals surface area contributed by atoms with E-state index in [4.69, 9.17) is 11.6 Å². The van der Waals surface area contributed by atoms with E-state index in [-0.39, 0.29) is 23.3 Å². The molecule has 1 N–H and O–H groups in total. The Kier molecular flexibility index (Phi) is 10.8. The van der Waals surface area contributed by atoms with E-state index in [0.717, 1.165) is 21.0 Å². The fourth-order valence-corrected chi connectivity index (χ4v) is 5.93. The fraction of sp³-hybridized carbons (Fsp3) is 0.355. The van der Waals surface area contributed by atoms with Gasteiger partial charge in [0.25, 0.3) is 10.0 Å². The Morgan fingerprint density at radius 1 is 0.925 bits per heavy atom. The van der Waals surface area contributed by atoms with Crippen molar-refractivity contribution < 1.29 is 18.0 Å². The van der Waals surface area contributed by atoms with Gasteiger partial charge in [0.15, 0.2) is 0 Å². The number of rotatable bonds is 12. The molecule has 3 aromatic carbocycles. The highest BCUT2D eigenvalue weighted by atomic mass is 35.5. The molecule has 0 bridgehead atoms. The van der Waals surface area contributed by atoms with E-state index in [2.05, 4.69) is 5.32 Å². The Bertz CT molecular complexity index is 1420. The van der Waals surface area contributed by atoms with Crippen LogP contribution in [0.4, 0.5) is 5.69 Å². The zero-order chi connectivity index (χ0) is 29.4. The van der Waals surface area contributed by atoms with Crippen LogP contribution in [0.5, 0.6) is 0 Å². The van der Waals surface area contributed by atoms with Crippen LogP contribution in [0.15, 0.2) is 77.7 Å². The molecule has 3 rings (SSSR count). The summed E-state index contributed by atoms with van der Waals surface area (Å²) >= 11 is 6.01. The molecule has 0 aromatic heterocycles. The minimum Gasteiger partial charge on any atom is -0.354 e. The van der Waals surface area contributed by atoms with Crippen molar-refractivity contribution in [3.63, 3.8) is 0 Å². The average molecular weight is 584 g/mol. The molecule has 1 atom stereocenters. The van der Waals surface area contributed by atoms with Gasteiger partial charge in [-0.15, -0.1) is 0 Å². The summed E-state index contributed by atoms with van der Waals surface area (Å²) in [4.78, 5) is 28.9. The van der Waals surface area contributed by atoms with Gasteiger partial charge in [0.05, 0.1) is 10.6 Å². The molecule has 9 heteroatoms. The molecule has 2 amide bonds. The topological polar surface area (TPSA) is 86.8 Å². The highest BCUT2D eigenvalue weighted by molar-refractivity contribution is 7.92. The van der Waals surface area contributed by atoms with Gasteiger partial charge >= 0.3 is 0 Å². The quantitative estimate of drug-likeness (QED) is 0.295. The molecule has 40 heavy (non-hydrogen) atoms. The maximum Gasteiger partial charge on any atom is 0.264 e. The van der Waals surface area contributed by atoms with Gasteiger partial charge in [0, 0.05) is 18.1 Å². The number of aryl methyl sites for hydroxylation is 2. The first-order valence-electron chi connectivity index (χ1n) is 13.4. The van der Waals surface area contributed by atoms with Crippen molar-refractivity contribution in [3.05, 3.63) is 94.5 Å². The van der Waals surface area contributed by atoms with E-state index < -0.39 is 28.5 Å². The zero-order valence-electron chi connectivity index (χ0n) is 23.7. The van der Waals surface area contributed by atoms with Crippen LogP contribution in [-0.4, -0.2) is 44.3 Å². The second-order valence-electron chi connectivity index (χ2n) is 10.4. The lowest BCUT2D eigenvalue weighted by Gasteiger charge is -2.33. The van der Waals surface area contributed by atoms with Crippen molar-refractivity contribution in [1.82, 2.24) is 10.2 Å². The summed E-state index contributed by atoms with van der Waals surface area (Å²) in [7, 11) is -4.14. The number of halogens is 1. The first-order valence-corrected chi connectivity index (χ1v) is 15.2. The van der Waals surface area contributed by atoms with Gasteiger partial charge in [0.2, 0.25) is 11.8 Å². The van der Waals surface area contributed by atoms with Crippen LogP contribution in [-0.2, 0) is 26.2 Å². The van der Waals surface area contributed by atoms with Gasteiger partial charge in [0.1, 0.15) is 12.6 Å². The second kappa shape index (κ2) is 13.8. The van der Waals surface area contributed by atoms with Crippen molar-refractivity contribution in [3.8, 4) is 0 Å². The van der Waals surface area contributed by atoms with Crippen LogP contribution in [0.2, 0.25) is 5.02 Å². The lowest BCUT2D eigenvalue weighted by molar-refractivity contribution is -0.140. The minimum atomic E-state index is -4.14. The molecular formula is C31H38ClN3O4S. The summed E-state index contributed by atoms with van der Waals surface area (Å²) in [6.07, 6.45) is 0.371.